The van der Waals surface area contributed by atoms with Crippen LogP contribution in [-0.2, 0) is 6.42 Å². The smallest absolute Gasteiger partial charge is 0.276 e. The van der Waals surface area contributed by atoms with Crippen molar-refractivity contribution in [2.75, 3.05) is 13.1 Å². The van der Waals surface area contributed by atoms with Crippen molar-refractivity contribution in [1.29, 1.82) is 0 Å². The number of aliphatic hydroxyl groups excluding tert-OH is 1. The molecule has 2 atom stereocenters. The highest BCUT2D eigenvalue weighted by atomic mass is 35.5. The number of carbonyl (C=O) groups is 1. The summed E-state index contributed by atoms with van der Waals surface area (Å²) in [6.07, 6.45) is 7.46. The topological polar surface area (TPSA) is 110 Å². The first-order valence-electron chi connectivity index (χ1n) is 9.65. The van der Waals surface area contributed by atoms with Crippen LogP contribution < -0.4 is 5.73 Å². The van der Waals surface area contributed by atoms with Gasteiger partial charge in [-0.1, -0.05) is 11.3 Å². The number of nitrogens with zero attached hydrogens (tertiary/aromatic N) is 5. The van der Waals surface area contributed by atoms with Crippen LogP contribution in [0.5, 0.6) is 0 Å². The van der Waals surface area contributed by atoms with Gasteiger partial charge in [0.25, 0.3) is 5.91 Å². The average molecular weight is 443 g/mol. The van der Waals surface area contributed by atoms with E-state index in [1.165, 1.54) is 0 Å². The number of halogens is 2. The lowest BCUT2D eigenvalue weighted by Crippen LogP contribution is -2.30. The number of aliphatic hydroxyl groups is 1. The van der Waals surface area contributed by atoms with Gasteiger partial charge in [0.15, 0.2) is 5.69 Å². The average Bonchev–Trinajstić information content (AvgIpc) is 3.30. The lowest BCUT2D eigenvalue weighted by molar-refractivity contribution is 0.0758. The molecule has 4 rings (SSSR count). The molecule has 160 valence electrons. The first kappa shape index (κ1) is 23.5. The summed E-state index contributed by atoms with van der Waals surface area (Å²) in [6, 6.07) is 6.28. The highest BCUT2D eigenvalue weighted by molar-refractivity contribution is 5.92. The Labute approximate surface area is 182 Å². The fourth-order valence-electron chi connectivity index (χ4n) is 4.09. The van der Waals surface area contributed by atoms with Crippen LogP contribution in [0, 0.1) is 5.92 Å². The Balaban J connectivity index is 0.00000150. The number of carbonyl (C=O) groups excluding carboxylic acids is 1. The Hall–Kier alpha value is -1.74. The number of aromatic nitrogens is 4. The zero-order valence-electron chi connectivity index (χ0n) is 16.1. The molecule has 0 aromatic carbocycles. The number of amides is 1. The van der Waals surface area contributed by atoms with E-state index >= 15 is 0 Å². The van der Waals surface area contributed by atoms with Crippen LogP contribution in [0.15, 0.2) is 30.6 Å². The number of hydrogen-bond donors (Lipinski definition) is 2. The van der Waals surface area contributed by atoms with Crippen LogP contribution in [0.1, 0.15) is 47.9 Å². The Morgan fingerprint density at radius 3 is 2.62 bits per heavy atom. The number of hydrogen-bond acceptors (Lipinski definition) is 6. The predicted octanol–water partition coefficient (Wildman–Crippen LogP) is 1.63. The molecule has 0 unspecified atom stereocenters. The van der Waals surface area contributed by atoms with Crippen LogP contribution in [0.4, 0.5) is 0 Å². The third kappa shape index (κ3) is 5.45. The fourth-order valence-corrected chi connectivity index (χ4v) is 4.09. The molecule has 2 aromatic heterocycles. The van der Waals surface area contributed by atoms with Gasteiger partial charge in [-0.2, -0.15) is 0 Å². The molecule has 1 aliphatic carbocycles. The van der Waals surface area contributed by atoms with Crippen molar-refractivity contribution >= 4 is 30.7 Å². The number of β-amino-alcohol motifs (C(OH)–C–C–N with tert-alkyl or cyclic N) is 1. The lowest BCUT2D eigenvalue weighted by Gasteiger charge is -2.25. The zero-order valence-corrected chi connectivity index (χ0v) is 17.8. The molecule has 1 aliphatic heterocycles. The third-order valence-electron chi connectivity index (χ3n) is 5.74. The molecule has 3 N–H and O–H groups in total. The van der Waals surface area contributed by atoms with E-state index in [0.29, 0.717) is 25.2 Å². The molecule has 0 spiro atoms. The Morgan fingerprint density at radius 2 is 1.93 bits per heavy atom. The summed E-state index contributed by atoms with van der Waals surface area (Å²) >= 11 is 0. The van der Waals surface area contributed by atoms with Gasteiger partial charge >= 0.3 is 0 Å². The van der Waals surface area contributed by atoms with E-state index in [4.69, 9.17) is 5.73 Å². The first-order valence-corrected chi connectivity index (χ1v) is 9.65. The maximum Gasteiger partial charge on any atom is 0.276 e. The van der Waals surface area contributed by atoms with E-state index in [1.54, 1.807) is 22.0 Å². The maximum absolute atomic E-state index is 12.8. The van der Waals surface area contributed by atoms with Crippen molar-refractivity contribution in [3.63, 3.8) is 0 Å². The molecule has 2 fully saturated rings. The summed E-state index contributed by atoms with van der Waals surface area (Å²) in [5.41, 5.74) is 7.23. The highest BCUT2D eigenvalue weighted by Crippen LogP contribution is 2.27. The quantitative estimate of drug-likeness (QED) is 0.744. The Kier molecular flexibility index (Phi) is 8.39. The standard InChI is InChI=1S/C19H26N6O2.2ClH/c20-14-4-6-16(7-5-14)25-11-17(22-23-25)19(27)24-10-13(18(26)12-24)9-15-3-1-2-8-21-15;;/h1-3,8,11,13-14,16,18,26H,4-7,9-10,12,20H2;2*1H/t13-,14?,16?,18-;;/m1../s1. The van der Waals surface area contributed by atoms with Gasteiger partial charge in [-0.15, -0.1) is 29.9 Å². The molecule has 1 saturated heterocycles. The minimum Gasteiger partial charge on any atom is -0.391 e. The lowest BCUT2D eigenvalue weighted by atomic mass is 9.92. The van der Waals surface area contributed by atoms with Gasteiger partial charge in [0.05, 0.1) is 18.3 Å². The van der Waals surface area contributed by atoms with Crippen LogP contribution in [0.3, 0.4) is 0 Å². The van der Waals surface area contributed by atoms with Crippen LogP contribution in [0.2, 0.25) is 0 Å². The van der Waals surface area contributed by atoms with Crippen molar-refractivity contribution in [2.24, 2.45) is 11.7 Å². The van der Waals surface area contributed by atoms with Crippen LogP contribution in [0.25, 0.3) is 0 Å². The summed E-state index contributed by atoms with van der Waals surface area (Å²) in [5.74, 6) is -0.185. The molecule has 8 nitrogen and oxygen atoms in total. The van der Waals surface area contributed by atoms with E-state index in [2.05, 4.69) is 15.3 Å². The van der Waals surface area contributed by atoms with Crippen molar-refractivity contribution in [1.82, 2.24) is 24.9 Å². The molecular weight excluding hydrogens is 415 g/mol. The van der Waals surface area contributed by atoms with Gasteiger partial charge in [-0.25, -0.2) is 4.68 Å². The molecule has 10 heteroatoms. The van der Waals surface area contributed by atoms with Crippen LogP contribution in [-0.4, -0.2) is 61.1 Å². The molecule has 0 radical (unpaired) electrons. The SMILES string of the molecule is Cl.Cl.NC1CCC(n2cc(C(=O)N3C[C@@H](Cc4ccccn4)[C@H](O)C3)nn2)CC1. The fraction of sp³-hybridized carbons (Fsp3) is 0.579. The molecule has 1 saturated carbocycles. The Bertz CT molecular complexity index is 782. The van der Waals surface area contributed by atoms with Gasteiger partial charge in [0.2, 0.25) is 0 Å². The number of pyridine rings is 1. The van der Waals surface area contributed by atoms with E-state index < -0.39 is 6.10 Å². The molecule has 2 aliphatic rings. The molecule has 0 bridgehead atoms. The maximum atomic E-state index is 12.8. The van der Waals surface area contributed by atoms with Crippen molar-refractivity contribution in [3.05, 3.63) is 42.0 Å². The second-order valence-electron chi connectivity index (χ2n) is 7.72. The van der Waals surface area contributed by atoms with Crippen molar-refractivity contribution in [2.45, 2.75) is 50.3 Å². The summed E-state index contributed by atoms with van der Waals surface area (Å²) in [5, 5.41) is 18.6. The van der Waals surface area contributed by atoms with Gasteiger partial charge < -0.3 is 15.7 Å². The Morgan fingerprint density at radius 1 is 1.17 bits per heavy atom. The first-order chi connectivity index (χ1) is 13.1. The minimum absolute atomic E-state index is 0. The van der Waals surface area contributed by atoms with E-state index in [0.717, 1.165) is 31.4 Å². The molecule has 1 amide bonds. The second kappa shape index (κ2) is 10.3. The van der Waals surface area contributed by atoms with Crippen molar-refractivity contribution < 1.29 is 9.90 Å². The highest BCUT2D eigenvalue weighted by Gasteiger charge is 2.35. The summed E-state index contributed by atoms with van der Waals surface area (Å²) in [6.45, 7) is 0.823. The number of nitrogens with two attached hydrogens (primary N) is 1. The molecule has 2 aromatic rings. The van der Waals surface area contributed by atoms with Gasteiger partial charge in [0, 0.05) is 36.9 Å². The molecule has 3 heterocycles. The monoisotopic (exact) mass is 442 g/mol. The van der Waals surface area contributed by atoms with Gasteiger partial charge in [-0.05, 0) is 44.2 Å². The number of likely N-dealkylation sites (tertiary alicyclic amines) is 1. The van der Waals surface area contributed by atoms with Gasteiger partial charge in [-0.3, -0.25) is 9.78 Å². The molecular formula is C19H28Cl2N6O2. The van der Waals surface area contributed by atoms with Crippen LogP contribution >= 0.6 is 24.8 Å². The minimum atomic E-state index is -0.550. The summed E-state index contributed by atoms with van der Waals surface area (Å²) in [4.78, 5) is 18.8. The third-order valence-corrected chi connectivity index (χ3v) is 5.74. The van der Waals surface area contributed by atoms with Crippen molar-refractivity contribution in [3.8, 4) is 0 Å². The zero-order chi connectivity index (χ0) is 18.8. The second-order valence-corrected chi connectivity index (χ2v) is 7.72. The van der Waals surface area contributed by atoms with E-state index in [-0.39, 0.29) is 48.7 Å². The van der Waals surface area contributed by atoms with Gasteiger partial charge in [0.1, 0.15) is 0 Å². The molecule has 29 heavy (non-hydrogen) atoms. The largest absolute Gasteiger partial charge is 0.391 e. The van der Waals surface area contributed by atoms with E-state index in [1.807, 2.05) is 18.2 Å². The summed E-state index contributed by atoms with van der Waals surface area (Å²) in [7, 11) is 0. The number of rotatable bonds is 4. The van der Waals surface area contributed by atoms with E-state index in [9.17, 15) is 9.90 Å². The predicted molar refractivity (Wildman–Crippen MR) is 113 cm³/mol. The summed E-state index contributed by atoms with van der Waals surface area (Å²) < 4.78 is 1.80. The normalized spacial score (nSPS) is 26.5.